The Hall–Kier alpha value is -4.22. The third-order valence-corrected chi connectivity index (χ3v) is 5.27. The fraction of sp³-hybridized carbons (Fsp3) is 0.192. The maximum Gasteiger partial charge on any atom is 0.269 e. The predicted molar refractivity (Wildman–Crippen MR) is 133 cm³/mol. The number of ether oxygens (including phenoxy) is 4. The Bertz CT molecular complexity index is 1280. The summed E-state index contributed by atoms with van der Waals surface area (Å²) in [5, 5.41) is 20.9. The lowest BCUT2D eigenvalue weighted by Gasteiger charge is -2.15. The van der Waals surface area contributed by atoms with Gasteiger partial charge in [0.2, 0.25) is 0 Å². The summed E-state index contributed by atoms with van der Waals surface area (Å²) in [4.78, 5) is 10.4. The van der Waals surface area contributed by atoms with Crippen LogP contribution in [0.2, 0.25) is 5.02 Å². The van der Waals surface area contributed by atoms with Gasteiger partial charge in [-0.1, -0.05) is 11.6 Å². The van der Waals surface area contributed by atoms with E-state index < -0.39 is 4.92 Å². The minimum atomic E-state index is -0.460. The number of nitro benzene ring substituents is 1. The molecule has 0 aliphatic heterocycles. The highest BCUT2D eigenvalue weighted by atomic mass is 35.5. The van der Waals surface area contributed by atoms with Crippen LogP contribution in [-0.4, -0.2) is 25.7 Å². The van der Waals surface area contributed by atoms with Gasteiger partial charge >= 0.3 is 0 Å². The lowest BCUT2D eigenvalue weighted by atomic mass is 10.0. The van der Waals surface area contributed by atoms with Crippen LogP contribution in [0.5, 0.6) is 23.0 Å². The van der Waals surface area contributed by atoms with Gasteiger partial charge in [0.1, 0.15) is 6.61 Å². The standard InChI is InChI=1S/C26H23ClN2O6/c1-4-34-25-13-18(11-20(15-28)19-7-10-23(32-2)24(14-19)33-3)12-22(27)26(25)35-16-17-5-8-21(9-6-17)29(30)31/h5-14H,4,16H2,1-3H3/b20-11+. The zero-order valence-electron chi connectivity index (χ0n) is 19.4. The van der Waals surface area contributed by atoms with Gasteiger partial charge in [0, 0.05) is 12.1 Å². The van der Waals surface area contributed by atoms with E-state index in [-0.39, 0.29) is 12.3 Å². The van der Waals surface area contributed by atoms with Gasteiger partial charge in [0.15, 0.2) is 23.0 Å². The molecule has 0 atom stereocenters. The van der Waals surface area contributed by atoms with Gasteiger partial charge < -0.3 is 18.9 Å². The Kier molecular flexibility index (Phi) is 8.54. The van der Waals surface area contributed by atoms with Crippen LogP contribution in [0.4, 0.5) is 5.69 Å². The van der Waals surface area contributed by atoms with Crippen LogP contribution in [0.25, 0.3) is 11.6 Å². The van der Waals surface area contributed by atoms with Crippen molar-refractivity contribution in [1.82, 2.24) is 0 Å². The molecule has 0 heterocycles. The van der Waals surface area contributed by atoms with E-state index in [0.717, 1.165) is 5.56 Å². The van der Waals surface area contributed by atoms with Gasteiger partial charge in [-0.2, -0.15) is 5.26 Å². The molecule has 180 valence electrons. The second-order valence-corrected chi connectivity index (χ2v) is 7.62. The Labute approximate surface area is 208 Å². The molecule has 0 bridgehead atoms. The Balaban J connectivity index is 1.90. The van der Waals surface area contributed by atoms with Gasteiger partial charge in [-0.05, 0) is 72.2 Å². The summed E-state index contributed by atoms with van der Waals surface area (Å²) in [6.07, 6.45) is 1.69. The number of nitriles is 1. The van der Waals surface area contributed by atoms with E-state index in [1.807, 2.05) is 6.92 Å². The van der Waals surface area contributed by atoms with E-state index in [4.69, 9.17) is 30.5 Å². The van der Waals surface area contributed by atoms with Gasteiger partial charge in [0.05, 0.1) is 42.4 Å². The molecule has 0 aliphatic carbocycles. The Morgan fingerprint density at radius 1 is 1.03 bits per heavy atom. The van der Waals surface area contributed by atoms with E-state index in [9.17, 15) is 15.4 Å². The number of nitrogens with zero attached hydrogens (tertiary/aromatic N) is 2. The molecule has 0 aliphatic rings. The maximum atomic E-state index is 10.8. The number of allylic oxidation sites excluding steroid dienone is 1. The number of methoxy groups -OCH3 is 2. The van der Waals surface area contributed by atoms with Crippen LogP contribution in [0.3, 0.4) is 0 Å². The molecule has 0 spiro atoms. The fourth-order valence-electron chi connectivity index (χ4n) is 3.29. The first kappa shape index (κ1) is 25.4. The van der Waals surface area contributed by atoms with Crippen LogP contribution >= 0.6 is 11.6 Å². The van der Waals surface area contributed by atoms with Crippen LogP contribution in [0.15, 0.2) is 54.6 Å². The zero-order chi connectivity index (χ0) is 25.4. The zero-order valence-corrected chi connectivity index (χ0v) is 20.2. The van der Waals surface area contributed by atoms with Gasteiger partial charge in [0.25, 0.3) is 5.69 Å². The highest BCUT2D eigenvalue weighted by Gasteiger charge is 2.15. The summed E-state index contributed by atoms with van der Waals surface area (Å²) in [6.45, 7) is 2.35. The molecule has 9 heteroatoms. The van der Waals surface area contributed by atoms with Crippen LogP contribution in [0, 0.1) is 21.4 Å². The number of non-ortho nitro benzene ring substituents is 1. The summed E-state index contributed by atoms with van der Waals surface area (Å²) >= 11 is 6.52. The first-order valence-corrected chi connectivity index (χ1v) is 10.9. The van der Waals surface area contributed by atoms with Crippen molar-refractivity contribution in [2.45, 2.75) is 13.5 Å². The Morgan fingerprint density at radius 3 is 2.34 bits per heavy atom. The molecular weight excluding hydrogens is 472 g/mol. The van der Waals surface area contributed by atoms with Crippen molar-refractivity contribution < 1.29 is 23.9 Å². The average Bonchev–Trinajstić information content (AvgIpc) is 2.86. The maximum absolute atomic E-state index is 10.8. The van der Waals surface area contributed by atoms with Gasteiger partial charge in [-0.25, -0.2) is 0 Å². The quantitative estimate of drug-likeness (QED) is 0.141. The molecule has 0 aromatic heterocycles. The smallest absolute Gasteiger partial charge is 0.269 e. The minimum Gasteiger partial charge on any atom is -0.493 e. The number of rotatable bonds is 10. The Morgan fingerprint density at radius 2 is 1.74 bits per heavy atom. The van der Waals surface area contributed by atoms with E-state index in [1.54, 1.807) is 55.7 Å². The molecule has 0 saturated carbocycles. The van der Waals surface area contributed by atoms with Crippen molar-refractivity contribution >= 4 is 28.9 Å². The summed E-state index contributed by atoms with van der Waals surface area (Å²) in [6, 6.07) is 16.9. The molecule has 35 heavy (non-hydrogen) atoms. The van der Waals surface area contributed by atoms with E-state index in [1.165, 1.54) is 19.2 Å². The molecule has 0 unspecified atom stereocenters. The number of hydrogen-bond acceptors (Lipinski definition) is 7. The predicted octanol–water partition coefficient (Wildman–Crippen LogP) is 6.31. The second-order valence-electron chi connectivity index (χ2n) is 7.21. The average molecular weight is 495 g/mol. The molecule has 0 saturated heterocycles. The molecule has 0 N–H and O–H groups in total. The van der Waals surface area contributed by atoms with Crippen molar-refractivity contribution in [2.75, 3.05) is 20.8 Å². The van der Waals surface area contributed by atoms with Crippen LogP contribution in [-0.2, 0) is 6.61 Å². The van der Waals surface area contributed by atoms with Crippen molar-refractivity contribution in [2.24, 2.45) is 0 Å². The molecule has 3 aromatic carbocycles. The van der Waals surface area contributed by atoms with Crippen molar-refractivity contribution in [3.63, 3.8) is 0 Å². The van der Waals surface area contributed by atoms with E-state index in [0.29, 0.717) is 51.3 Å². The van der Waals surface area contributed by atoms with Gasteiger partial charge in [-0.3, -0.25) is 10.1 Å². The third-order valence-electron chi connectivity index (χ3n) is 4.99. The molecular formula is C26H23ClN2O6. The highest BCUT2D eigenvalue weighted by molar-refractivity contribution is 6.32. The number of hydrogen-bond donors (Lipinski definition) is 0. The summed E-state index contributed by atoms with van der Waals surface area (Å²) in [5.74, 6) is 1.82. The summed E-state index contributed by atoms with van der Waals surface area (Å²) < 4.78 is 22.2. The highest BCUT2D eigenvalue weighted by Crippen LogP contribution is 2.39. The molecule has 3 rings (SSSR count). The summed E-state index contributed by atoms with van der Waals surface area (Å²) in [5.41, 5.74) is 2.42. The molecule has 0 amide bonds. The summed E-state index contributed by atoms with van der Waals surface area (Å²) in [7, 11) is 3.07. The van der Waals surface area contributed by atoms with Crippen molar-refractivity contribution in [3.05, 3.63) is 86.4 Å². The largest absolute Gasteiger partial charge is 0.493 e. The van der Waals surface area contributed by atoms with E-state index >= 15 is 0 Å². The number of benzene rings is 3. The first-order valence-electron chi connectivity index (χ1n) is 10.6. The minimum absolute atomic E-state index is 0.000653. The van der Waals surface area contributed by atoms with Crippen LogP contribution < -0.4 is 18.9 Å². The van der Waals surface area contributed by atoms with Crippen LogP contribution in [0.1, 0.15) is 23.6 Å². The SMILES string of the molecule is CCOc1cc(/C=C(\C#N)c2ccc(OC)c(OC)c2)cc(Cl)c1OCc1ccc([N+](=O)[O-])cc1. The normalized spacial score (nSPS) is 10.9. The number of halogens is 1. The topological polar surface area (TPSA) is 104 Å². The lowest BCUT2D eigenvalue weighted by Crippen LogP contribution is -2.01. The lowest BCUT2D eigenvalue weighted by molar-refractivity contribution is -0.384. The monoisotopic (exact) mass is 494 g/mol. The molecule has 8 nitrogen and oxygen atoms in total. The first-order chi connectivity index (χ1) is 16.9. The molecule has 0 fully saturated rings. The van der Waals surface area contributed by atoms with Gasteiger partial charge in [-0.15, -0.1) is 0 Å². The molecule has 0 radical (unpaired) electrons. The fourth-order valence-corrected chi connectivity index (χ4v) is 3.57. The van der Waals surface area contributed by atoms with Crippen molar-refractivity contribution in [1.29, 1.82) is 5.26 Å². The van der Waals surface area contributed by atoms with E-state index in [2.05, 4.69) is 6.07 Å². The number of nitro groups is 1. The third kappa shape index (κ3) is 6.22. The molecule has 3 aromatic rings. The second kappa shape index (κ2) is 11.8. The van der Waals surface area contributed by atoms with Crippen molar-refractivity contribution in [3.8, 4) is 29.1 Å².